The number of hydrogen-bond donors (Lipinski definition) is 3. The summed E-state index contributed by atoms with van der Waals surface area (Å²) in [6, 6.07) is 15.2. The second-order valence-corrected chi connectivity index (χ2v) is 12.6. The first-order chi connectivity index (χ1) is 19.3. The molecular formula is C30H35FN4O3S2. The molecule has 1 unspecified atom stereocenters. The van der Waals surface area contributed by atoms with Crippen molar-refractivity contribution in [3.8, 4) is 0 Å². The van der Waals surface area contributed by atoms with E-state index in [2.05, 4.69) is 53.5 Å². The molecule has 10 heteroatoms. The Balaban J connectivity index is 1.23. The molecule has 2 aliphatic heterocycles. The number of ether oxygens (including phenoxy) is 1. The number of halogens is 1. The summed E-state index contributed by atoms with van der Waals surface area (Å²) in [4.78, 5) is 18.5. The summed E-state index contributed by atoms with van der Waals surface area (Å²) in [6.07, 6.45) is 2.42. The Kier molecular flexibility index (Phi) is 8.80. The number of rotatable bonds is 8. The molecule has 0 saturated carbocycles. The monoisotopic (exact) mass is 582 g/mol. The molecule has 5 rings (SSSR count). The van der Waals surface area contributed by atoms with Gasteiger partial charge in [0.1, 0.15) is 11.4 Å². The van der Waals surface area contributed by atoms with Gasteiger partial charge in [-0.15, -0.1) is 23.1 Å². The molecule has 1 spiro atoms. The van der Waals surface area contributed by atoms with E-state index >= 15 is 0 Å². The number of benzene rings is 2. The molecule has 212 valence electrons. The molecule has 3 heterocycles. The molecule has 0 radical (unpaired) electrons. The van der Waals surface area contributed by atoms with Gasteiger partial charge < -0.3 is 21.0 Å². The summed E-state index contributed by atoms with van der Waals surface area (Å²) in [5.74, 6) is 0.231. The Morgan fingerprint density at radius 1 is 1.25 bits per heavy atom. The van der Waals surface area contributed by atoms with Crippen molar-refractivity contribution < 1.29 is 19.1 Å². The molecular weight excluding hydrogens is 547 g/mol. The van der Waals surface area contributed by atoms with E-state index in [1.165, 1.54) is 21.4 Å². The van der Waals surface area contributed by atoms with Crippen LogP contribution < -0.4 is 11.1 Å². The van der Waals surface area contributed by atoms with Gasteiger partial charge in [-0.05, 0) is 79.0 Å². The predicted molar refractivity (Wildman–Crippen MR) is 158 cm³/mol. The van der Waals surface area contributed by atoms with Crippen LogP contribution >= 0.6 is 23.1 Å². The molecule has 2 aromatic carbocycles. The molecule has 0 aliphatic carbocycles. The normalized spacial score (nSPS) is 17.9. The molecule has 0 bridgehead atoms. The molecule has 3 aromatic rings. The van der Waals surface area contributed by atoms with Gasteiger partial charge in [0, 0.05) is 35.4 Å². The largest absolute Gasteiger partial charge is 0.409 e. The number of oxime groups is 1. The molecule has 1 amide bonds. The first-order valence-corrected chi connectivity index (χ1v) is 15.4. The molecule has 1 saturated heterocycles. The second kappa shape index (κ2) is 12.3. The van der Waals surface area contributed by atoms with Crippen LogP contribution in [0.25, 0.3) is 0 Å². The number of hydrogen-bond acceptors (Lipinski definition) is 7. The zero-order valence-corrected chi connectivity index (χ0v) is 24.4. The lowest BCUT2D eigenvalue weighted by Gasteiger charge is -2.45. The minimum atomic E-state index is -0.509. The average Bonchev–Trinajstić information content (AvgIpc) is 3.43. The number of amidine groups is 1. The fourth-order valence-electron chi connectivity index (χ4n) is 5.58. The SMILES string of the molecule is CCSc1ccc(CNC(=O)c2cc3c(s2)C2(CCN(C(C)c4ccc(/C(N)=N\O)c(F)c4)CC2)OCC3)cc1. The first kappa shape index (κ1) is 28.6. The summed E-state index contributed by atoms with van der Waals surface area (Å²) in [7, 11) is 0. The van der Waals surface area contributed by atoms with Crippen LogP contribution in [0.5, 0.6) is 0 Å². The van der Waals surface area contributed by atoms with E-state index in [9.17, 15) is 9.18 Å². The number of carbonyl (C=O) groups excluding carboxylic acids is 1. The van der Waals surface area contributed by atoms with Crippen LogP contribution in [0.15, 0.2) is 58.6 Å². The zero-order chi connectivity index (χ0) is 28.3. The van der Waals surface area contributed by atoms with Crippen LogP contribution in [0.2, 0.25) is 0 Å². The van der Waals surface area contributed by atoms with Crippen molar-refractivity contribution in [2.45, 2.75) is 56.2 Å². The van der Waals surface area contributed by atoms with E-state index in [1.807, 2.05) is 12.1 Å². The number of thiophene rings is 1. The van der Waals surface area contributed by atoms with Crippen molar-refractivity contribution in [2.24, 2.45) is 10.9 Å². The highest BCUT2D eigenvalue weighted by Gasteiger charge is 2.43. The van der Waals surface area contributed by atoms with E-state index in [0.29, 0.717) is 13.2 Å². The fraction of sp³-hybridized carbons (Fsp3) is 0.400. The van der Waals surface area contributed by atoms with Crippen molar-refractivity contribution in [2.75, 3.05) is 25.4 Å². The Morgan fingerprint density at radius 2 is 2.00 bits per heavy atom. The third kappa shape index (κ3) is 5.90. The van der Waals surface area contributed by atoms with Gasteiger partial charge in [0.2, 0.25) is 0 Å². The van der Waals surface area contributed by atoms with Crippen LogP contribution in [0.3, 0.4) is 0 Å². The summed E-state index contributed by atoms with van der Waals surface area (Å²) in [5.41, 5.74) is 8.39. The molecule has 1 fully saturated rings. The van der Waals surface area contributed by atoms with E-state index in [-0.39, 0.29) is 28.9 Å². The summed E-state index contributed by atoms with van der Waals surface area (Å²) in [5, 5.41) is 14.9. The Hall–Kier alpha value is -2.92. The van der Waals surface area contributed by atoms with Crippen molar-refractivity contribution in [1.82, 2.24) is 10.2 Å². The molecule has 7 nitrogen and oxygen atoms in total. The number of nitrogens with two attached hydrogens (primary N) is 1. The third-order valence-electron chi connectivity index (χ3n) is 7.90. The highest BCUT2D eigenvalue weighted by atomic mass is 32.2. The molecule has 1 atom stereocenters. The summed E-state index contributed by atoms with van der Waals surface area (Å²) in [6.45, 7) is 6.91. The number of fused-ring (bicyclic) bond motifs is 2. The van der Waals surface area contributed by atoms with E-state index in [0.717, 1.165) is 54.1 Å². The molecule has 1 aromatic heterocycles. The zero-order valence-electron chi connectivity index (χ0n) is 22.8. The van der Waals surface area contributed by atoms with Gasteiger partial charge >= 0.3 is 0 Å². The highest BCUT2D eigenvalue weighted by molar-refractivity contribution is 7.99. The summed E-state index contributed by atoms with van der Waals surface area (Å²) < 4.78 is 21.0. The van der Waals surface area contributed by atoms with Crippen molar-refractivity contribution in [1.29, 1.82) is 0 Å². The van der Waals surface area contributed by atoms with Crippen LogP contribution in [0.4, 0.5) is 4.39 Å². The van der Waals surface area contributed by atoms with E-state index in [4.69, 9.17) is 15.7 Å². The summed E-state index contributed by atoms with van der Waals surface area (Å²) >= 11 is 3.36. The number of amides is 1. The highest BCUT2D eigenvalue weighted by Crippen LogP contribution is 2.46. The Labute approximate surface area is 242 Å². The smallest absolute Gasteiger partial charge is 0.261 e. The Bertz CT molecular complexity index is 1380. The van der Waals surface area contributed by atoms with Crippen molar-refractivity contribution in [3.05, 3.63) is 86.4 Å². The lowest BCUT2D eigenvalue weighted by molar-refractivity contribution is -0.0994. The van der Waals surface area contributed by atoms with E-state index in [1.54, 1.807) is 29.2 Å². The van der Waals surface area contributed by atoms with Gasteiger partial charge in [-0.25, -0.2) is 4.39 Å². The first-order valence-electron chi connectivity index (χ1n) is 13.6. The van der Waals surface area contributed by atoms with Crippen LogP contribution in [-0.4, -0.2) is 47.3 Å². The molecule has 4 N–H and O–H groups in total. The maximum absolute atomic E-state index is 14.6. The second-order valence-electron chi connectivity index (χ2n) is 10.3. The number of piperidine rings is 1. The molecule has 2 aliphatic rings. The minimum Gasteiger partial charge on any atom is -0.409 e. The van der Waals surface area contributed by atoms with Gasteiger partial charge in [0.25, 0.3) is 5.91 Å². The maximum Gasteiger partial charge on any atom is 0.261 e. The number of nitrogens with one attached hydrogen (secondary N) is 1. The number of nitrogens with zero attached hydrogens (tertiary/aromatic N) is 2. The lowest BCUT2D eigenvalue weighted by atomic mass is 9.84. The average molecular weight is 583 g/mol. The fourth-order valence-corrected chi connectivity index (χ4v) is 7.57. The Morgan fingerprint density at radius 3 is 2.67 bits per heavy atom. The number of likely N-dealkylation sites (tertiary alicyclic amines) is 1. The van der Waals surface area contributed by atoms with Gasteiger partial charge in [0.15, 0.2) is 5.84 Å². The standard InChI is InChI=1S/C30H35FN4O3S2/c1-3-39-23-7-4-20(5-8-23)18-33-29(36)26-17-22-10-15-38-30(27(22)40-26)11-13-35(14-12-30)19(2)21-6-9-24(25(31)16-21)28(32)34-37/h4-9,16-17,19,37H,3,10-15,18H2,1-2H3,(H2,32,34)(H,33,36). The van der Waals surface area contributed by atoms with Crippen LogP contribution in [0, 0.1) is 5.82 Å². The predicted octanol–water partition coefficient (Wildman–Crippen LogP) is 5.65. The third-order valence-corrected chi connectivity index (χ3v) is 10.2. The van der Waals surface area contributed by atoms with Crippen LogP contribution in [-0.2, 0) is 23.3 Å². The van der Waals surface area contributed by atoms with Gasteiger partial charge in [0.05, 0.1) is 17.0 Å². The molecule has 40 heavy (non-hydrogen) atoms. The lowest BCUT2D eigenvalue weighted by Crippen LogP contribution is -2.46. The number of carbonyl (C=O) groups is 1. The topological polar surface area (TPSA) is 100 Å². The maximum atomic E-state index is 14.6. The quantitative estimate of drug-likeness (QED) is 0.104. The number of thioether (sulfide) groups is 1. The van der Waals surface area contributed by atoms with Crippen molar-refractivity contribution in [3.63, 3.8) is 0 Å². The minimum absolute atomic E-state index is 0.00411. The van der Waals surface area contributed by atoms with Crippen LogP contribution in [0.1, 0.15) is 69.5 Å². The van der Waals surface area contributed by atoms with Gasteiger partial charge in [-0.3, -0.25) is 9.69 Å². The van der Waals surface area contributed by atoms with Gasteiger partial charge in [-0.2, -0.15) is 0 Å². The van der Waals surface area contributed by atoms with E-state index < -0.39 is 5.82 Å². The van der Waals surface area contributed by atoms with Crippen molar-refractivity contribution >= 4 is 34.8 Å². The van der Waals surface area contributed by atoms with Gasteiger partial charge in [-0.1, -0.05) is 30.3 Å².